The van der Waals surface area contributed by atoms with E-state index in [9.17, 15) is 5.11 Å². The Morgan fingerprint density at radius 2 is 1.91 bits per heavy atom. The van der Waals surface area contributed by atoms with Crippen LogP contribution in [-0.4, -0.2) is 38.8 Å². The van der Waals surface area contributed by atoms with Gasteiger partial charge in [0.25, 0.3) is 0 Å². The van der Waals surface area contributed by atoms with Gasteiger partial charge in [0.15, 0.2) is 5.82 Å². The van der Waals surface area contributed by atoms with E-state index in [1.807, 2.05) is 0 Å². The number of nitrogens with zero attached hydrogens (tertiary/aromatic N) is 3. The third-order valence-corrected chi connectivity index (χ3v) is 4.66. The highest BCUT2D eigenvalue weighted by Gasteiger charge is 2.34. The third-order valence-electron chi connectivity index (χ3n) is 4.66. The summed E-state index contributed by atoms with van der Waals surface area (Å²) in [5, 5.41) is 14.5. The second-order valence-corrected chi connectivity index (χ2v) is 7.48. The van der Waals surface area contributed by atoms with E-state index >= 15 is 0 Å². The van der Waals surface area contributed by atoms with Crippen molar-refractivity contribution in [1.29, 1.82) is 0 Å². The smallest absolute Gasteiger partial charge is 0.159 e. The van der Waals surface area contributed by atoms with Crippen LogP contribution in [0.5, 0.6) is 0 Å². The maximum atomic E-state index is 9.60. The van der Waals surface area contributed by atoms with Gasteiger partial charge in [-0.3, -0.25) is 4.68 Å². The molecule has 5 nitrogen and oxygen atoms in total. The topological polar surface area (TPSA) is 52.2 Å². The second kappa shape index (κ2) is 5.80. The van der Waals surface area contributed by atoms with Crippen molar-refractivity contribution in [2.45, 2.75) is 58.6 Å². The fourth-order valence-corrected chi connectivity index (χ4v) is 3.42. The van der Waals surface area contributed by atoms with Crippen LogP contribution in [0.1, 0.15) is 50.3 Å². The predicted octanol–water partition coefficient (Wildman–Crippen LogP) is 2.91. The maximum Gasteiger partial charge on any atom is 0.159 e. The number of aryl methyl sites for hydroxylation is 2. The molecule has 1 aliphatic heterocycles. The molecule has 2 aromatic heterocycles. The number of aromatic nitrogens is 3. The second-order valence-electron chi connectivity index (χ2n) is 7.48. The van der Waals surface area contributed by atoms with Crippen LogP contribution in [-0.2, 0) is 10.2 Å². The molecule has 1 fully saturated rings. The molecule has 3 heterocycles. The Labute approximate surface area is 137 Å². The summed E-state index contributed by atoms with van der Waals surface area (Å²) in [6, 6.07) is 6.49. The Morgan fingerprint density at radius 1 is 1.26 bits per heavy atom. The SMILES string of the molecule is Cc1ccc(C)n1-c1cc(C(C)(C)C)n([C@H]2CCO[C@@H]2CO)n1. The molecule has 126 valence electrons. The first-order valence-electron chi connectivity index (χ1n) is 8.30. The molecule has 0 bridgehead atoms. The summed E-state index contributed by atoms with van der Waals surface area (Å²) < 4.78 is 9.93. The fraction of sp³-hybridized carbons (Fsp3) is 0.611. The van der Waals surface area contributed by atoms with Crippen molar-refractivity contribution in [2.24, 2.45) is 0 Å². The lowest BCUT2D eigenvalue weighted by molar-refractivity contribution is 0.0390. The molecule has 0 radical (unpaired) electrons. The first kappa shape index (κ1) is 16.3. The Hall–Kier alpha value is -1.59. The summed E-state index contributed by atoms with van der Waals surface area (Å²) in [7, 11) is 0. The highest BCUT2D eigenvalue weighted by atomic mass is 16.5. The molecule has 0 spiro atoms. The normalized spacial score (nSPS) is 22.0. The van der Waals surface area contributed by atoms with Gasteiger partial charge in [0, 0.05) is 35.2 Å². The number of rotatable bonds is 3. The van der Waals surface area contributed by atoms with Gasteiger partial charge < -0.3 is 14.4 Å². The lowest BCUT2D eigenvalue weighted by atomic mass is 9.91. The molecular formula is C18H27N3O2. The summed E-state index contributed by atoms with van der Waals surface area (Å²) in [6.45, 7) is 11.5. The lowest BCUT2D eigenvalue weighted by Gasteiger charge is -2.25. The van der Waals surface area contributed by atoms with Crippen LogP contribution >= 0.6 is 0 Å². The van der Waals surface area contributed by atoms with Gasteiger partial charge in [0.05, 0.1) is 12.6 Å². The number of hydrogen-bond donors (Lipinski definition) is 1. The molecule has 0 amide bonds. The average Bonchev–Trinajstić information content (AvgIpc) is 3.15. The van der Waals surface area contributed by atoms with Crippen LogP contribution in [0.3, 0.4) is 0 Å². The molecule has 5 heteroatoms. The molecular weight excluding hydrogens is 290 g/mol. The minimum Gasteiger partial charge on any atom is -0.394 e. The summed E-state index contributed by atoms with van der Waals surface area (Å²) in [4.78, 5) is 0. The Morgan fingerprint density at radius 3 is 2.48 bits per heavy atom. The summed E-state index contributed by atoms with van der Waals surface area (Å²) >= 11 is 0. The molecule has 2 aromatic rings. The van der Waals surface area contributed by atoms with E-state index in [2.05, 4.69) is 62.1 Å². The zero-order chi connectivity index (χ0) is 16.8. The summed E-state index contributed by atoms with van der Waals surface area (Å²) in [5.41, 5.74) is 3.50. The minimum absolute atomic E-state index is 0.0250. The summed E-state index contributed by atoms with van der Waals surface area (Å²) in [5.74, 6) is 0.943. The van der Waals surface area contributed by atoms with E-state index < -0.39 is 0 Å². The number of aliphatic hydroxyl groups is 1. The van der Waals surface area contributed by atoms with Crippen LogP contribution in [0.2, 0.25) is 0 Å². The third kappa shape index (κ3) is 2.83. The predicted molar refractivity (Wildman–Crippen MR) is 90.2 cm³/mol. The van der Waals surface area contributed by atoms with Crippen LogP contribution in [0.25, 0.3) is 5.82 Å². The van der Waals surface area contributed by atoms with E-state index in [4.69, 9.17) is 9.84 Å². The minimum atomic E-state index is -0.171. The molecule has 1 saturated heterocycles. The highest BCUT2D eigenvalue weighted by molar-refractivity contribution is 5.35. The Balaban J connectivity index is 2.12. The molecule has 0 saturated carbocycles. The lowest BCUT2D eigenvalue weighted by Crippen LogP contribution is -2.29. The standard InChI is InChI=1S/C18H27N3O2/c1-12-6-7-13(2)20(12)17-10-16(18(3,4)5)21(19-17)14-8-9-23-15(14)11-22/h6-7,10,14-15,22H,8-9,11H2,1-5H3/t14-,15+/m0/s1. The molecule has 1 N–H and O–H groups in total. The molecule has 0 unspecified atom stereocenters. The zero-order valence-electron chi connectivity index (χ0n) is 14.7. The van der Waals surface area contributed by atoms with E-state index in [0.717, 1.165) is 12.2 Å². The van der Waals surface area contributed by atoms with Gasteiger partial charge in [-0.25, -0.2) is 0 Å². The molecule has 3 rings (SSSR count). The van der Waals surface area contributed by atoms with Crippen molar-refractivity contribution < 1.29 is 9.84 Å². The molecule has 0 aliphatic carbocycles. The number of ether oxygens (including phenoxy) is 1. The van der Waals surface area contributed by atoms with Crippen molar-refractivity contribution >= 4 is 0 Å². The van der Waals surface area contributed by atoms with E-state index in [1.165, 1.54) is 17.1 Å². The van der Waals surface area contributed by atoms with E-state index in [0.29, 0.717) is 6.61 Å². The van der Waals surface area contributed by atoms with Gasteiger partial charge in [-0.15, -0.1) is 0 Å². The van der Waals surface area contributed by atoms with Crippen LogP contribution in [0.15, 0.2) is 18.2 Å². The number of hydrogen-bond acceptors (Lipinski definition) is 3. The first-order valence-corrected chi connectivity index (χ1v) is 8.30. The Kier molecular flexibility index (Phi) is 4.10. The van der Waals surface area contributed by atoms with Gasteiger partial charge in [-0.1, -0.05) is 20.8 Å². The first-order chi connectivity index (χ1) is 10.8. The largest absolute Gasteiger partial charge is 0.394 e. The van der Waals surface area contributed by atoms with E-state index in [1.54, 1.807) is 0 Å². The van der Waals surface area contributed by atoms with Crippen molar-refractivity contribution in [3.05, 3.63) is 35.3 Å². The monoisotopic (exact) mass is 317 g/mol. The van der Waals surface area contributed by atoms with Crippen LogP contribution in [0.4, 0.5) is 0 Å². The Bertz CT molecular complexity index is 674. The van der Waals surface area contributed by atoms with Crippen molar-refractivity contribution in [2.75, 3.05) is 13.2 Å². The van der Waals surface area contributed by atoms with Crippen molar-refractivity contribution in [1.82, 2.24) is 14.3 Å². The molecule has 0 aromatic carbocycles. The highest BCUT2D eigenvalue weighted by Crippen LogP contribution is 2.33. The van der Waals surface area contributed by atoms with E-state index in [-0.39, 0.29) is 24.2 Å². The van der Waals surface area contributed by atoms with Gasteiger partial charge >= 0.3 is 0 Å². The quantitative estimate of drug-likeness (QED) is 0.947. The van der Waals surface area contributed by atoms with Crippen molar-refractivity contribution in [3.63, 3.8) is 0 Å². The number of aliphatic hydroxyl groups excluding tert-OH is 1. The zero-order valence-corrected chi connectivity index (χ0v) is 14.7. The molecule has 1 aliphatic rings. The van der Waals surface area contributed by atoms with Gasteiger partial charge in [-0.2, -0.15) is 5.10 Å². The maximum absolute atomic E-state index is 9.60. The van der Waals surface area contributed by atoms with Gasteiger partial charge in [-0.05, 0) is 32.4 Å². The van der Waals surface area contributed by atoms with Gasteiger partial charge in [0.2, 0.25) is 0 Å². The van der Waals surface area contributed by atoms with Crippen molar-refractivity contribution in [3.8, 4) is 5.82 Å². The van der Waals surface area contributed by atoms with Crippen LogP contribution < -0.4 is 0 Å². The fourth-order valence-electron chi connectivity index (χ4n) is 3.42. The molecule has 2 atom stereocenters. The van der Waals surface area contributed by atoms with Crippen LogP contribution in [0, 0.1) is 13.8 Å². The molecule has 23 heavy (non-hydrogen) atoms. The average molecular weight is 317 g/mol. The van der Waals surface area contributed by atoms with Gasteiger partial charge in [0.1, 0.15) is 6.10 Å². The summed E-state index contributed by atoms with van der Waals surface area (Å²) in [6.07, 6.45) is 0.717.